The van der Waals surface area contributed by atoms with Crippen molar-refractivity contribution in [2.45, 2.75) is 6.92 Å². The number of rotatable bonds is 1. The Labute approximate surface area is 76.4 Å². The number of nitrogens with zero attached hydrogens (tertiary/aromatic N) is 1. The average molecular weight is 172 g/mol. The van der Waals surface area contributed by atoms with Gasteiger partial charge in [0.25, 0.3) is 0 Å². The Morgan fingerprint density at radius 2 is 2.00 bits per heavy atom. The normalized spacial score (nSPS) is 10.2. The van der Waals surface area contributed by atoms with Gasteiger partial charge in [0.15, 0.2) is 11.9 Å². The van der Waals surface area contributed by atoms with Gasteiger partial charge in [-0.25, -0.2) is 4.79 Å². The summed E-state index contributed by atoms with van der Waals surface area (Å²) in [7, 11) is 0. The highest BCUT2D eigenvalue weighted by Crippen LogP contribution is 2.13. The van der Waals surface area contributed by atoms with Gasteiger partial charge in [0, 0.05) is 18.4 Å². The molecule has 0 unspecified atom stereocenters. The molecule has 1 aromatic heterocycles. The highest BCUT2D eigenvalue weighted by molar-refractivity contribution is 5.83. The topological polar surface area (TPSA) is 20.9 Å². The minimum Gasteiger partial charge on any atom is -0.222 e. The molecule has 0 spiro atoms. The Balaban J connectivity index is 2.86. The molecule has 2 heteroatoms. The Kier molecular flexibility index (Phi) is 1.81. The molecule has 0 aliphatic rings. The summed E-state index contributed by atoms with van der Waals surface area (Å²) in [6, 6.07) is 9.97. The van der Waals surface area contributed by atoms with Crippen LogP contribution in [0.4, 0.5) is 0 Å². The van der Waals surface area contributed by atoms with Crippen LogP contribution in [0.15, 0.2) is 36.5 Å². The summed E-state index contributed by atoms with van der Waals surface area (Å²) >= 11 is 0. The first-order valence-corrected chi connectivity index (χ1v) is 4.18. The van der Waals surface area contributed by atoms with Gasteiger partial charge in [-0.2, -0.15) is 0 Å². The molecule has 0 atom stereocenters. The first-order valence-electron chi connectivity index (χ1n) is 4.18. The van der Waals surface area contributed by atoms with E-state index < -0.39 is 0 Å². The van der Waals surface area contributed by atoms with Crippen LogP contribution >= 0.6 is 0 Å². The van der Waals surface area contributed by atoms with E-state index in [2.05, 4.69) is 0 Å². The standard InChI is InChI=1S/C11H10NO/c1-9-11-5-3-2-4-10(11)6-7-12(9)8-13/h2-8H,1H3/q+1. The molecule has 0 saturated heterocycles. The Bertz CT molecular complexity index is 463. The van der Waals surface area contributed by atoms with Crippen molar-refractivity contribution >= 4 is 17.2 Å². The van der Waals surface area contributed by atoms with Gasteiger partial charge in [-0.15, -0.1) is 4.57 Å². The minimum absolute atomic E-state index is 0.821. The third-order valence-electron chi connectivity index (χ3n) is 2.27. The molecule has 1 heterocycles. The van der Waals surface area contributed by atoms with Gasteiger partial charge in [-0.1, -0.05) is 18.2 Å². The fourth-order valence-corrected chi connectivity index (χ4v) is 1.50. The van der Waals surface area contributed by atoms with E-state index in [1.165, 1.54) is 0 Å². The Morgan fingerprint density at radius 3 is 2.77 bits per heavy atom. The van der Waals surface area contributed by atoms with Crippen LogP contribution in [-0.4, -0.2) is 6.41 Å². The van der Waals surface area contributed by atoms with E-state index >= 15 is 0 Å². The van der Waals surface area contributed by atoms with Gasteiger partial charge >= 0.3 is 6.41 Å². The van der Waals surface area contributed by atoms with Gasteiger partial charge < -0.3 is 0 Å². The molecular weight excluding hydrogens is 162 g/mol. The molecule has 2 nitrogen and oxygen atoms in total. The molecule has 13 heavy (non-hydrogen) atoms. The van der Waals surface area contributed by atoms with Gasteiger partial charge in [-0.05, 0) is 11.5 Å². The molecule has 0 bridgehead atoms. The molecule has 2 rings (SSSR count). The number of pyridine rings is 1. The summed E-state index contributed by atoms with van der Waals surface area (Å²) in [6.07, 6.45) is 2.60. The number of carbonyl (C=O) groups excluding carboxylic acids is 1. The van der Waals surface area contributed by atoms with E-state index in [9.17, 15) is 4.79 Å². The first-order chi connectivity index (χ1) is 6.33. The fraction of sp³-hybridized carbons (Fsp3) is 0.0909. The third-order valence-corrected chi connectivity index (χ3v) is 2.27. The number of hydrogen-bond acceptors (Lipinski definition) is 1. The van der Waals surface area contributed by atoms with Crippen molar-refractivity contribution in [3.63, 3.8) is 0 Å². The lowest BCUT2D eigenvalue weighted by Crippen LogP contribution is -2.35. The van der Waals surface area contributed by atoms with Crippen LogP contribution in [0.5, 0.6) is 0 Å². The highest BCUT2D eigenvalue weighted by Gasteiger charge is 2.07. The maximum absolute atomic E-state index is 10.6. The maximum Gasteiger partial charge on any atom is 0.380 e. The largest absolute Gasteiger partial charge is 0.380 e. The molecule has 0 aliphatic heterocycles. The number of carbonyl (C=O) groups is 1. The number of fused-ring (bicyclic) bond motifs is 1. The molecule has 0 saturated carbocycles. The summed E-state index contributed by atoms with van der Waals surface area (Å²) in [5, 5.41) is 2.29. The van der Waals surface area contributed by atoms with Gasteiger partial charge in [0.1, 0.15) is 0 Å². The van der Waals surface area contributed by atoms with E-state index in [1.54, 1.807) is 10.8 Å². The van der Waals surface area contributed by atoms with E-state index in [-0.39, 0.29) is 0 Å². The lowest BCUT2D eigenvalue weighted by atomic mass is 10.1. The number of aromatic nitrogens is 1. The lowest BCUT2D eigenvalue weighted by Gasteiger charge is -1.97. The van der Waals surface area contributed by atoms with E-state index in [4.69, 9.17) is 0 Å². The van der Waals surface area contributed by atoms with Crippen molar-refractivity contribution < 1.29 is 9.36 Å². The van der Waals surface area contributed by atoms with E-state index in [0.717, 1.165) is 22.9 Å². The molecule has 0 radical (unpaired) electrons. The number of aryl methyl sites for hydroxylation is 1. The highest BCUT2D eigenvalue weighted by atomic mass is 16.1. The quantitative estimate of drug-likeness (QED) is 0.471. The van der Waals surface area contributed by atoms with Gasteiger partial charge in [0.05, 0.1) is 0 Å². The predicted octanol–water partition coefficient (Wildman–Crippen LogP) is 1.47. The van der Waals surface area contributed by atoms with Crippen LogP contribution in [0.1, 0.15) is 5.69 Å². The lowest BCUT2D eigenvalue weighted by molar-refractivity contribution is -0.558. The molecule has 1 aromatic carbocycles. The van der Waals surface area contributed by atoms with Gasteiger partial charge in [-0.3, -0.25) is 0 Å². The summed E-state index contributed by atoms with van der Waals surface area (Å²) in [6.45, 7) is 1.94. The zero-order chi connectivity index (χ0) is 9.26. The fourth-order valence-electron chi connectivity index (χ4n) is 1.50. The summed E-state index contributed by atoms with van der Waals surface area (Å²) in [5.74, 6) is 0. The molecule has 0 fully saturated rings. The SMILES string of the molecule is Cc1c2ccccc2cc[n+]1C=O. The summed E-state index contributed by atoms with van der Waals surface area (Å²) in [4.78, 5) is 10.6. The number of benzene rings is 1. The van der Waals surface area contributed by atoms with Crippen LogP contribution < -0.4 is 4.57 Å². The predicted molar refractivity (Wildman–Crippen MR) is 51.0 cm³/mol. The third kappa shape index (κ3) is 1.20. The Morgan fingerprint density at radius 1 is 1.23 bits per heavy atom. The van der Waals surface area contributed by atoms with E-state index in [1.807, 2.05) is 37.3 Å². The smallest absolute Gasteiger partial charge is 0.222 e. The Hall–Kier alpha value is -1.70. The minimum atomic E-state index is 0.821. The molecule has 0 N–H and O–H groups in total. The van der Waals surface area contributed by atoms with Crippen molar-refractivity contribution in [2.75, 3.05) is 0 Å². The van der Waals surface area contributed by atoms with E-state index in [0.29, 0.717) is 0 Å². The summed E-state index contributed by atoms with van der Waals surface area (Å²) < 4.78 is 1.59. The first kappa shape index (κ1) is 7.92. The molecule has 2 aromatic rings. The average Bonchev–Trinajstić information content (AvgIpc) is 2.19. The molecule has 0 aliphatic carbocycles. The molecule has 0 amide bonds. The second kappa shape index (κ2) is 2.98. The number of hydrogen-bond donors (Lipinski definition) is 0. The zero-order valence-corrected chi connectivity index (χ0v) is 7.40. The van der Waals surface area contributed by atoms with Gasteiger partial charge in [0.2, 0.25) is 0 Å². The second-order valence-corrected chi connectivity index (χ2v) is 3.00. The van der Waals surface area contributed by atoms with Crippen molar-refractivity contribution in [2.24, 2.45) is 0 Å². The van der Waals surface area contributed by atoms with Crippen molar-refractivity contribution in [3.8, 4) is 0 Å². The van der Waals surface area contributed by atoms with Crippen molar-refractivity contribution in [1.29, 1.82) is 0 Å². The van der Waals surface area contributed by atoms with Crippen LogP contribution in [0.3, 0.4) is 0 Å². The van der Waals surface area contributed by atoms with Crippen molar-refractivity contribution in [3.05, 3.63) is 42.2 Å². The maximum atomic E-state index is 10.6. The second-order valence-electron chi connectivity index (χ2n) is 3.00. The molecular formula is C11H10NO+. The van der Waals surface area contributed by atoms with Crippen molar-refractivity contribution in [1.82, 2.24) is 0 Å². The van der Waals surface area contributed by atoms with Crippen LogP contribution in [-0.2, 0) is 4.79 Å². The molecule has 64 valence electrons. The van der Waals surface area contributed by atoms with Crippen LogP contribution in [0.2, 0.25) is 0 Å². The van der Waals surface area contributed by atoms with Crippen LogP contribution in [0, 0.1) is 6.92 Å². The monoisotopic (exact) mass is 172 g/mol. The summed E-state index contributed by atoms with van der Waals surface area (Å²) in [5.41, 5.74) is 0.980. The zero-order valence-electron chi connectivity index (χ0n) is 7.40. The van der Waals surface area contributed by atoms with Crippen LogP contribution in [0.25, 0.3) is 10.8 Å².